The highest BCUT2D eigenvalue weighted by atomic mass is 19.1. The summed E-state index contributed by atoms with van der Waals surface area (Å²) < 4.78 is 29.0. The predicted octanol–water partition coefficient (Wildman–Crippen LogP) is 3.14. The Balaban J connectivity index is 1.86. The minimum atomic E-state index is -0.267. The average molecular weight is 361 g/mol. The van der Waals surface area contributed by atoms with Gasteiger partial charge in [-0.25, -0.2) is 4.39 Å². The number of methoxy groups -OCH3 is 3. The first-order valence-corrected chi connectivity index (χ1v) is 8.37. The summed E-state index contributed by atoms with van der Waals surface area (Å²) in [7, 11) is 4.66. The van der Waals surface area contributed by atoms with Crippen molar-refractivity contribution in [1.29, 1.82) is 0 Å². The fourth-order valence-electron chi connectivity index (χ4n) is 2.66. The first-order valence-electron chi connectivity index (χ1n) is 8.37. The molecule has 0 aliphatic carbocycles. The Bertz CT molecular complexity index is 723. The fraction of sp³-hybridized carbons (Fsp3) is 0.350. The maximum Gasteiger partial charge on any atom is 0.220 e. The molecule has 140 valence electrons. The zero-order chi connectivity index (χ0) is 18.9. The van der Waals surface area contributed by atoms with Crippen molar-refractivity contribution in [3.63, 3.8) is 0 Å². The molecule has 2 rings (SSSR count). The predicted molar refractivity (Wildman–Crippen MR) is 97.5 cm³/mol. The maximum atomic E-state index is 13.1. The zero-order valence-electron chi connectivity index (χ0n) is 15.3. The number of rotatable bonds is 9. The molecule has 0 saturated carbocycles. The van der Waals surface area contributed by atoms with E-state index in [1.807, 2.05) is 18.2 Å². The van der Waals surface area contributed by atoms with E-state index in [-0.39, 0.29) is 11.7 Å². The molecule has 2 aromatic carbocycles. The summed E-state index contributed by atoms with van der Waals surface area (Å²) in [6.07, 6.45) is 1.47. The van der Waals surface area contributed by atoms with Crippen LogP contribution in [0.1, 0.15) is 17.5 Å². The van der Waals surface area contributed by atoms with Crippen molar-refractivity contribution in [3.05, 3.63) is 53.3 Å². The molecule has 1 N–H and O–H groups in total. The van der Waals surface area contributed by atoms with Gasteiger partial charge in [0, 0.05) is 13.0 Å². The highest BCUT2D eigenvalue weighted by Gasteiger charge is 2.13. The van der Waals surface area contributed by atoms with E-state index < -0.39 is 0 Å². The number of carbonyl (C=O) groups is 1. The number of ether oxygens (including phenoxy) is 3. The van der Waals surface area contributed by atoms with E-state index in [1.54, 1.807) is 27.4 Å². The summed E-state index contributed by atoms with van der Waals surface area (Å²) in [6, 6.07) is 10.0. The van der Waals surface area contributed by atoms with Crippen molar-refractivity contribution in [2.75, 3.05) is 27.9 Å². The van der Waals surface area contributed by atoms with Crippen LogP contribution in [0.5, 0.6) is 17.2 Å². The summed E-state index contributed by atoms with van der Waals surface area (Å²) in [5.74, 6) is 1.33. The molecule has 0 atom stereocenters. The molecular formula is C20H24FNO4. The molecule has 0 bridgehead atoms. The summed E-state index contributed by atoms with van der Waals surface area (Å²) in [4.78, 5) is 12.0. The van der Waals surface area contributed by atoms with Crippen LogP contribution < -0.4 is 19.5 Å². The third-order valence-corrected chi connectivity index (χ3v) is 3.99. The Hall–Kier alpha value is -2.76. The Morgan fingerprint density at radius 3 is 2.23 bits per heavy atom. The molecule has 2 aromatic rings. The highest BCUT2D eigenvalue weighted by molar-refractivity contribution is 5.76. The molecule has 0 spiro atoms. The lowest BCUT2D eigenvalue weighted by molar-refractivity contribution is -0.121. The van der Waals surface area contributed by atoms with Crippen LogP contribution in [0.25, 0.3) is 0 Å². The molecule has 0 saturated heterocycles. The van der Waals surface area contributed by atoms with Gasteiger partial charge in [0.25, 0.3) is 0 Å². The Kier molecular flexibility index (Phi) is 7.26. The van der Waals surface area contributed by atoms with E-state index in [0.717, 1.165) is 11.1 Å². The molecule has 1 amide bonds. The number of halogens is 1. The van der Waals surface area contributed by atoms with Gasteiger partial charge in [0.1, 0.15) is 5.82 Å². The summed E-state index contributed by atoms with van der Waals surface area (Å²) >= 11 is 0. The quantitative estimate of drug-likeness (QED) is 0.745. The average Bonchev–Trinajstić information content (AvgIpc) is 2.65. The molecule has 0 radical (unpaired) electrons. The van der Waals surface area contributed by atoms with E-state index in [4.69, 9.17) is 14.2 Å². The molecule has 26 heavy (non-hydrogen) atoms. The van der Waals surface area contributed by atoms with Crippen LogP contribution in [-0.2, 0) is 17.6 Å². The van der Waals surface area contributed by atoms with Gasteiger partial charge in [-0.3, -0.25) is 4.79 Å². The lowest BCUT2D eigenvalue weighted by atomic mass is 10.1. The summed E-state index contributed by atoms with van der Waals surface area (Å²) in [5, 5.41) is 2.85. The Morgan fingerprint density at radius 2 is 1.65 bits per heavy atom. The van der Waals surface area contributed by atoms with Gasteiger partial charge in [0.05, 0.1) is 21.3 Å². The Labute approximate surface area is 153 Å². The van der Waals surface area contributed by atoms with E-state index >= 15 is 0 Å². The molecule has 0 heterocycles. The summed E-state index contributed by atoms with van der Waals surface area (Å²) in [5.41, 5.74) is 1.77. The first-order chi connectivity index (χ1) is 12.6. The number of nitrogens with one attached hydrogen (secondary N) is 1. The van der Waals surface area contributed by atoms with Gasteiger partial charge >= 0.3 is 0 Å². The van der Waals surface area contributed by atoms with E-state index in [1.165, 1.54) is 12.1 Å². The summed E-state index contributed by atoms with van der Waals surface area (Å²) in [6.45, 7) is 0.470. The lowest BCUT2D eigenvalue weighted by Crippen LogP contribution is -2.25. The normalized spacial score (nSPS) is 10.3. The van der Waals surface area contributed by atoms with Gasteiger partial charge in [0.2, 0.25) is 11.7 Å². The molecule has 0 aromatic heterocycles. The largest absolute Gasteiger partial charge is 0.493 e. The van der Waals surface area contributed by atoms with Gasteiger partial charge in [-0.1, -0.05) is 12.1 Å². The van der Waals surface area contributed by atoms with Gasteiger partial charge in [-0.2, -0.15) is 0 Å². The standard InChI is InChI=1S/C20H24FNO4/c1-24-17-12-15(13-18(25-2)20(17)26-3)7-8-19(23)22-10-9-14-5-4-6-16(21)11-14/h4-6,11-13H,7-10H2,1-3H3,(H,22,23). The van der Waals surface area contributed by atoms with E-state index in [9.17, 15) is 9.18 Å². The van der Waals surface area contributed by atoms with E-state index in [2.05, 4.69) is 5.32 Å². The van der Waals surface area contributed by atoms with Crippen molar-refractivity contribution in [2.24, 2.45) is 0 Å². The SMILES string of the molecule is COc1cc(CCC(=O)NCCc2cccc(F)c2)cc(OC)c1OC. The van der Waals surface area contributed by atoms with Crippen LogP contribution in [-0.4, -0.2) is 33.8 Å². The van der Waals surface area contributed by atoms with Crippen LogP contribution in [0.4, 0.5) is 4.39 Å². The van der Waals surface area contributed by atoms with Gasteiger partial charge in [0.15, 0.2) is 11.5 Å². The van der Waals surface area contributed by atoms with Crippen molar-refractivity contribution < 1.29 is 23.4 Å². The fourth-order valence-corrected chi connectivity index (χ4v) is 2.66. The number of carbonyl (C=O) groups excluding carboxylic acids is 1. The number of amides is 1. The van der Waals surface area contributed by atoms with Crippen LogP contribution in [0, 0.1) is 5.82 Å². The second kappa shape index (κ2) is 9.65. The van der Waals surface area contributed by atoms with Crippen molar-refractivity contribution in [3.8, 4) is 17.2 Å². The zero-order valence-corrected chi connectivity index (χ0v) is 15.3. The molecule has 6 heteroatoms. The van der Waals surface area contributed by atoms with Crippen molar-refractivity contribution >= 4 is 5.91 Å². The topological polar surface area (TPSA) is 56.8 Å². The molecular weight excluding hydrogens is 337 g/mol. The van der Waals surface area contributed by atoms with Crippen molar-refractivity contribution in [2.45, 2.75) is 19.3 Å². The van der Waals surface area contributed by atoms with Gasteiger partial charge < -0.3 is 19.5 Å². The maximum absolute atomic E-state index is 13.1. The molecule has 0 fully saturated rings. The van der Waals surface area contributed by atoms with Crippen LogP contribution in [0.3, 0.4) is 0 Å². The first kappa shape index (κ1) is 19.6. The minimum absolute atomic E-state index is 0.0600. The van der Waals surface area contributed by atoms with E-state index in [0.29, 0.717) is 43.1 Å². The smallest absolute Gasteiger partial charge is 0.220 e. The second-order valence-corrected chi connectivity index (χ2v) is 5.76. The minimum Gasteiger partial charge on any atom is -0.493 e. The monoisotopic (exact) mass is 361 g/mol. The third kappa shape index (κ3) is 5.37. The lowest BCUT2D eigenvalue weighted by Gasteiger charge is -2.14. The van der Waals surface area contributed by atoms with Crippen LogP contribution >= 0.6 is 0 Å². The molecule has 0 aliphatic rings. The van der Waals surface area contributed by atoms with Gasteiger partial charge in [-0.05, 0) is 48.2 Å². The number of benzene rings is 2. The molecule has 0 aliphatic heterocycles. The van der Waals surface area contributed by atoms with Gasteiger partial charge in [-0.15, -0.1) is 0 Å². The third-order valence-electron chi connectivity index (χ3n) is 3.99. The number of hydrogen-bond acceptors (Lipinski definition) is 4. The number of hydrogen-bond donors (Lipinski definition) is 1. The van der Waals surface area contributed by atoms with Crippen molar-refractivity contribution in [1.82, 2.24) is 5.32 Å². The molecule has 0 unspecified atom stereocenters. The highest BCUT2D eigenvalue weighted by Crippen LogP contribution is 2.38. The van der Waals surface area contributed by atoms with Crippen LogP contribution in [0.2, 0.25) is 0 Å². The Morgan fingerprint density at radius 1 is 0.962 bits per heavy atom. The second-order valence-electron chi connectivity index (χ2n) is 5.76. The number of aryl methyl sites for hydroxylation is 1. The molecule has 5 nitrogen and oxygen atoms in total. The van der Waals surface area contributed by atoms with Crippen LogP contribution in [0.15, 0.2) is 36.4 Å².